The van der Waals surface area contributed by atoms with Gasteiger partial charge in [0.15, 0.2) is 5.82 Å². The molecule has 0 radical (unpaired) electrons. The van der Waals surface area contributed by atoms with Crippen molar-refractivity contribution >= 4 is 54.4 Å². The van der Waals surface area contributed by atoms with Crippen LogP contribution in [0.15, 0.2) is 140 Å². The second kappa shape index (κ2) is 9.29. The van der Waals surface area contributed by atoms with Gasteiger partial charge in [0.1, 0.15) is 5.82 Å². The molecule has 43 heavy (non-hydrogen) atoms. The maximum Gasteiger partial charge on any atom is 0.163 e. The summed E-state index contributed by atoms with van der Waals surface area (Å²) < 4.78 is 2.29. The summed E-state index contributed by atoms with van der Waals surface area (Å²) in [5.41, 5.74) is 6.84. The standard InChI is InChI=1S/C38H23N5/c1-2-9-26-22-36-31(20-25(26)8-1)29-11-4-6-14-35(29)43(36)38-30-12-3-5-13-33(30)41-37(42-38)28-17-18-32(40-23-28)27-16-15-24-10-7-19-39-34(24)21-27/h1-23H. The molecule has 0 aliphatic carbocycles. The molecule has 0 fully saturated rings. The Morgan fingerprint density at radius 2 is 1.23 bits per heavy atom. The number of hydrogen-bond acceptors (Lipinski definition) is 4. The lowest BCUT2D eigenvalue weighted by Gasteiger charge is -2.13. The molecule has 5 aromatic carbocycles. The average Bonchev–Trinajstić information content (AvgIpc) is 3.39. The van der Waals surface area contributed by atoms with Crippen LogP contribution < -0.4 is 0 Å². The molecule has 0 bridgehead atoms. The molecule has 5 nitrogen and oxygen atoms in total. The first kappa shape index (κ1) is 23.7. The van der Waals surface area contributed by atoms with E-state index in [1.54, 1.807) is 0 Å². The highest BCUT2D eigenvalue weighted by atomic mass is 15.1. The van der Waals surface area contributed by atoms with Crippen LogP contribution in [0.3, 0.4) is 0 Å². The third-order valence-electron chi connectivity index (χ3n) is 8.26. The van der Waals surface area contributed by atoms with Crippen molar-refractivity contribution in [2.45, 2.75) is 0 Å². The highest BCUT2D eigenvalue weighted by Gasteiger charge is 2.18. The van der Waals surface area contributed by atoms with Gasteiger partial charge in [-0.15, -0.1) is 0 Å². The molecular weight excluding hydrogens is 526 g/mol. The Bertz CT molecular complexity index is 2510. The summed E-state index contributed by atoms with van der Waals surface area (Å²) in [6, 6.07) is 44.2. The van der Waals surface area contributed by atoms with Crippen molar-refractivity contribution in [1.82, 2.24) is 24.5 Å². The molecular formula is C38H23N5. The van der Waals surface area contributed by atoms with Crippen LogP contribution in [0.4, 0.5) is 0 Å². The van der Waals surface area contributed by atoms with Gasteiger partial charge in [-0.05, 0) is 65.4 Å². The third kappa shape index (κ3) is 3.79. The van der Waals surface area contributed by atoms with E-state index in [0.29, 0.717) is 5.82 Å². The number of hydrogen-bond donors (Lipinski definition) is 0. The van der Waals surface area contributed by atoms with Gasteiger partial charge in [0.25, 0.3) is 0 Å². The van der Waals surface area contributed by atoms with E-state index in [9.17, 15) is 0 Å². The van der Waals surface area contributed by atoms with Crippen LogP contribution >= 0.6 is 0 Å². The maximum atomic E-state index is 5.24. The highest BCUT2D eigenvalue weighted by molar-refractivity contribution is 6.14. The van der Waals surface area contributed by atoms with Gasteiger partial charge in [-0.1, -0.05) is 72.8 Å². The van der Waals surface area contributed by atoms with Gasteiger partial charge in [0, 0.05) is 45.1 Å². The Kier molecular flexibility index (Phi) is 5.13. The normalized spacial score (nSPS) is 11.7. The summed E-state index contributed by atoms with van der Waals surface area (Å²) in [6.45, 7) is 0. The predicted molar refractivity (Wildman–Crippen MR) is 175 cm³/mol. The van der Waals surface area contributed by atoms with Gasteiger partial charge >= 0.3 is 0 Å². The average molecular weight is 550 g/mol. The zero-order valence-corrected chi connectivity index (χ0v) is 23.0. The van der Waals surface area contributed by atoms with Crippen LogP contribution in [0, 0.1) is 0 Å². The number of fused-ring (bicyclic) bond motifs is 6. The summed E-state index contributed by atoms with van der Waals surface area (Å²) in [5, 5.41) is 6.92. The van der Waals surface area contributed by atoms with Gasteiger partial charge in [-0.3, -0.25) is 14.5 Å². The van der Waals surface area contributed by atoms with Gasteiger partial charge < -0.3 is 0 Å². The molecule has 9 rings (SSSR count). The smallest absolute Gasteiger partial charge is 0.163 e. The third-order valence-corrected chi connectivity index (χ3v) is 8.26. The van der Waals surface area contributed by atoms with E-state index in [1.807, 2.05) is 36.7 Å². The minimum absolute atomic E-state index is 0.639. The molecule has 0 saturated heterocycles. The van der Waals surface area contributed by atoms with E-state index >= 15 is 0 Å². The SMILES string of the molecule is c1ccc2cc3c(cc2c1)c1ccccc1n3-c1nc(-c2ccc(-c3ccc4cccnc4c3)nc2)nc2ccccc12. The number of benzene rings is 5. The molecule has 0 aliphatic rings. The molecule has 0 atom stereocenters. The van der Waals surface area contributed by atoms with E-state index in [1.165, 1.54) is 21.5 Å². The van der Waals surface area contributed by atoms with E-state index in [0.717, 1.165) is 55.5 Å². The largest absolute Gasteiger partial charge is 0.293 e. The monoisotopic (exact) mass is 549 g/mol. The Labute approximate surface area is 246 Å². The van der Waals surface area contributed by atoms with Crippen molar-refractivity contribution in [2.75, 3.05) is 0 Å². The number of pyridine rings is 2. The zero-order valence-electron chi connectivity index (χ0n) is 23.0. The second-order valence-corrected chi connectivity index (χ2v) is 10.8. The molecule has 0 saturated carbocycles. The van der Waals surface area contributed by atoms with Crippen LogP contribution in [0.1, 0.15) is 0 Å². The fraction of sp³-hybridized carbons (Fsp3) is 0. The number of aromatic nitrogens is 5. The minimum atomic E-state index is 0.639. The van der Waals surface area contributed by atoms with E-state index in [-0.39, 0.29) is 0 Å². The molecule has 5 heteroatoms. The van der Waals surface area contributed by atoms with Gasteiger partial charge in [-0.25, -0.2) is 9.97 Å². The quantitative estimate of drug-likeness (QED) is 0.220. The van der Waals surface area contributed by atoms with Crippen molar-refractivity contribution in [3.8, 4) is 28.5 Å². The Morgan fingerprint density at radius 1 is 0.465 bits per heavy atom. The van der Waals surface area contributed by atoms with Crippen LogP contribution in [-0.4, -0.2) is 24.5 Å². The first-order chi connectivity index (χ1) is 21.3. The molecule has 4 heterocycles. The zero-order chi connectivity index (χ0) is 28.3. The van der Waals surface area contributed by atoms with Crippen LogP contribution in [0.25, 0.3) is 82.8 Å². The molecule has 0 aliphatic heterocycles. The first-order valence-corrected chi connectivity index (χ1v) is 14.3. The number of para-hydroxylation sites is 2. The van der Waals surface area contributed by atoms with Gasteiger partial charge in [0.2, 0.25) is 0 Å². The Morgan fingerprint density at radius 3 is 2.12 bits per heavy atom. The molecule has 9 aromatic rings. The summed E-state index contributed by atoms with van der Waals surface area (Å²) in [6.07, 6.45) is 3.68. The molecule has 0 amide bonds. The summed E-state index contributed by atoms with van der Waals surface area (Å²) in [7, 11) is 0. The Hall–Kier alpha value is -5.94. The lowest BCUT2D eigenvalue weighted by atomic mass is 10.1. The summed E-state index contributed by atoms with van der Waals surface area (Å²) in [5.74, 6) is 1.49. The highest BCUT2D eigenvalue weighted by Crippen LogP contribution is 2.36. The minimum Gasteiger partial charge on any atom is -0.293 e. The fourth-order valence-corrected chi connectivity index (χ4v) is 6.17. The van der Waals surface area contributed by atoms with Crippen LogP contribution in [0.2, 0.25) is 0 Å². The second-order valence-electron chi connectivity index (χ2n) is 10.8. The van der Waals surface area contributed by atoms with Crippen LogP contribution in [-0.2, 0) is 0 Å². The van der Waals surface area contributed by atoms with E-state index in [4.69, 9.17) is 15.0 Å². The first-order valence-electron chi connectivity index (χ1n) is 14.3. The number of rotatable bonds is 3. The molecule has 0 N–H and O–H groups in total. The number of nitrogens with zero attached hydrogens (tertiary/aromatic N) is 5. The van der Waals surface area contributed by atoms with Crippen molar-refractivity contribution in [1.29, 1.82) is 0 Å². The van der Waals surface area contributed by atoms with Crippen molar-refractivity contribution < 1.29 is 0 Å². The summed E-state index contributed by atoms with van der Waals surface area (Å²) in [4.78, 5) is 19.6. The molecule has 0 spiro atoms. The van der Waals surface area contributed by atoms with Gasteiger partial charge in [-0.2, -0.15) is 0 Å². The van der Waals surface area contributed by atoms with Gasteiger partial charge in [0.05, 0.1) is 27.8 Å². The molecule has 4 aromatic heterocycles. The fourth-order valence-electron chi connectivity index (χ4n) is 6.17. The lowest BCUT2D eigenvalue weighted by Crippen LogP contribution is -2.03. The maximum absolute atomic E-state index is 5.24. The molecule has 0 unspecified atom stereocenters. The Balaban J connectivity index is 1.25. The van der Waals surface area contributed by atoms with E-state index in [2.05, 4.69) is 113 Å². The predicted octanol–water partition coefficient (Wildman–Crippen LogP) is 9.16. The topological polar surface area (TPSA) is 56.5 Å². The van der Waals surface area contributed by atoms with E-state index < -0.39 is 0 Å². The molecule has 200 valence electrons. The summed E-state index contributed by atoms with van der Waals surface area (Å²) >= 11 is 0. The lowest BCUT2D eigenvalue weighted by molar-refractivity contribution is 1.07. The van der Waals surface area contributed by atoms with Crippen LogP contribution in [0.5, 0.6) is 0 Å². The van der Waals surface area contributed by atoms with Crippen molar-refractivity contribution in [2.24, 2.45) is 0 Å². The van der Waals surface area contributed by atoms with Crippen molar-refractivity contribution in [3.05, 3.63) is 140 Å². The van der Waals surface area contributed by atoms with Crippen molar-refractivity contribution in [3.63, 3.8) is 0 Å².